The van der Waals surface area contributed by atoms with Gasteiger partial charge in [0.15, 0.2) is 6.17 Å². The number of hydrogen-bond donors (Lipinski definition) is 3. The SMILES string of the molecule is C=C(/C=C\C=C/C)C(NC(=O)\C(N)=C(C)/C=C\C=C/C)N(F)F.CCCC(F)(F)CCNC=O. The second-order valence-electron chi connectivity index (χ2n) is 7.00. The van der Waals surface area contributed by atoms with Gasteiger partial charge in [-0.1, -0.05) is 77.5 Å². The van der Waals surface area contributed by atoms with Gasteiger partial charge in [0.1, 0.15) is 5.70 Å². The molecular weight excluding hydrogens is 452 g/mol. The van der Waals surface area contributed by atoms with Crippen molar-refractivity contribution in [3.8, 4) is 0 Å². The lowest BCUT2D eigenvalue weighted by Crippen LogP contribution is -2.44. The molecule has 0 aliphatic rings. The maximum absolute atomic E-state index is 13.0. The first-order valence-corrected chi connectivity index (χ1v) is 10.7. The number of rotatable bonds is 14. The molecule has 0 aliphatic carbocycles. The maximum atomic E-state index is 13.0. The fourth-order valence-electron chi connectivity index (χ4n) is 2.23. The molecule has 6 nitrogen and oxygen atoms in total. The molecule has 4 N–H and O–H groups in total. The van der Waals surface area contributed by atoms with E-state index in [1.165, 1.54) is 6.08 Å². The van der Waals surface area contributed by atoms with Gasteiger partial charge >= 0.3 is 0 Å². The van der Waals surface area contributed by atoms with Crippen LogP contribution in [0.5, 0.6) is 0 Å². The van der Waals surface area contributed by atoms with E-state index in [1.807, 2.05) is 6.92 Å². The van der Waals surface area contributed by atoms with Crippen LogP contribution < -0.4 is 16.4 Å². The molecule has 0 saturated heterocycles. The maximum Gasteiger partial charge on any atom is 0.269 e. The fourth-order valence-corrected chi connectivity index (χ4v) is 2.23. The number of allylic oxidation sites excluding steroid dienone is 8. The summed E-state index contributed by atoms with van der Waals surface area (Å²) < 4.78 is 51.1. The number of carbonyl (C=O) groups is 2. The molecule has 0 rings (SSSR count). The van der Waals surface area contributed by atoms with Crippen LogP contribution in [-0.2, 0) is 9.59 Å². The van der Waals surface area contributed by atoms with E-state index in [0.717, 1.165) is 0 Å². The summed E-state index contributed by atoms with van der Waals surface area (Å²) in [5.41, 5.74) is 6.04. The predicted octanol–water partition coefficient (Wildman–Crippen LogP) is 5.11. The largest absolute Gasteiger partial charge is 0.394 e. The highest BCUT2D eigenvalue weighted by Crippen LogP contribution is 2.23. The minimum atomic E-state index is -2.62. The van der Waals surface area contributed by atoms with Crippen LogP contribution in [0.25, 0.3) is 0 Å². The van der Waals surface area contributed by atoms with Crippen LogP contribution in [0.2, 0.25) is 0 Å². The van der Waals surface area contributed by atoms with E-state index >= 15 is 0 Å². The van der Waals surface area contributed by atoms with Crippen LogP contribution in [0, 0.1) is 0 Å². The Balaban J connectivity index is 0. The van der Waals surface area contributed by atoms with Crippen molar-refractivity contribution >= 4 is 12.3 Å². The summed E-state index contributed by atoms with van der Waals surface area (Å²) in [6.45, 7) is 10.5. The lowest BCUT2D eigenvalue weighted by molar-refractivity contribution is -0.185. The molecule has 0 radical (unpaired) electrons. The Morgan fingerprint density at radius 1 is 1.09 bits per heavy atom. The number of carbonyl (C=O) groups excluding carboxylic acids is 2. The van der Waals surface area contributed by atoms with Gasteiger partial charge in [-0.3, -0.25) is 9.59 Å². The first-order valence-electron chi connectivity index (χ1n) is 10.7. The van der Waals surface area contributed by atoms with Crippen molar-refractivity contribution in [3.63, 3.8) is 0 Å². The summed E-state index contributed by atoms with van der Waals surface area (Å²) in [4.78, 5) is 21.7. The molecule has 0 aromatic heterocycles. The Kier molecular flexibility index (Phi) is 18.8. The Morgan fingerprint density at radius 3 is 2.12 bits per heavy atom. The van der Waals surface area contributed by atoms with Gasteiger partial charge in [-0.25, -0.2) is 8.78 Å². The van der Waals surface area contributed by atoms with Gasteiger partial charge in [0.2, 0.25) is 12.3 Å². The molecule has 10 heteroatoms. The monoisotopic (exact) mass is 488 g/mol. The average Bonchev–Trinajstić information content (AvgIpc) is 2.77. The number of alkyl halides is 2. The molecule has 0 heterocycles. The predicted molar refractivity (Wildman–Crippen MR) is 128 cm³/mol. The van der Waals surface area contributed by atoms with Crippen molar-refractivity contribution in [1.82, 2.24) is 16.0 Å². The van der Waals surface area contributed by atoms with E-state index in [-0.39, 0.29) is 30.7 Å². The summed E-state index contributed by atoms with van der Waals surface area (Å²) in [6, 6.07) is 0. The molecule has 0 spiro atoms. The standard InChI is InChI=1S/C17H23F2N3O.C7H13F2NO/c1-5-7-9-11-13(3)15(20)17(23)21-16(22(18)19)14(4)12-10-8-6-2;1-2-3-7(8,9)4-5-10-6-11/h5-12,16H,4,20H2,1-3H3,(H,21,23);6H,2-5H2,1H3,(H,10,11)/b7-5-,8-6-,11-9-,12-10-,15-13+;. The van der Waals surface area contributed by atoms with Gasteiger partial charge in [0, 0.05) is 24.7 Å². The van der Waals surface area contributed by atoms with Crippen molar-refractivity contribution < 1.29 is 27.3 Å². The van der Waals surface area contributed by atoms with Crippen molar-refractivity contribution in [2.75, 3.05) is 6.54 Å². The van der Waals surface area contributed by atoms with Gasteiger partial charge in [-0.2, -0.15) is 0 Å². The van der Waals surface area contributed by atoms with Gasteiger partial charge in [0.25, 0.3) is 5.91 Å². The zero-order chi connectivity index (χ0) is 26.6. The number of hydrogen-bond acceptors (Lipinski definition) is 4. The molecule has 1 unspecified atom stereocenters. The lowest BCUT2D eigenvalue weighted by Gasteiger charge is -2.19. The lowest BCUT2D eigenvalue weighted by atomic mass is 10.1. The molecule has 2 amide bonds. The van der Waals surface area contributed by atoms with Crippen molar-refractivity contribution in [3.05, 3.63) is 72.0 Å². The molecule has 0 bridgehead atoms. The van der Waals surface area contributed by atoms with Crippen LogP contribution in [0.1, 0.15) is 47.0 Å². The third kappa shape index (κ3) is 16.5. The smallest absolute Gasteiger partial charge is 0.269 e. The Morgan fingerprint density at radius 2 is 1.65 bits per heavy atom. The Bertz CT molecular complexity index is 773. The molecule has 34 heavy (non-hydrogen) atoms. The normalized spacial score (nSPS) is 13.8. The highest BCUT2D eigenvalue weighted by molar-refractivity contribution is 5.94. The van der Waals surface area contributed by atoms with Crippen LogP contribution in [0.15, 0.2) is 72.0 Å². The molecule has 0 aromatic carbocycles. The van der Waals surface area contributed by atoms with E-state index < -0.39 is 23.3 Å². The molecular formula is C24H36F4N4O2. The number of amides is 2. The number of halogens is 4. The number of nitrogens with one attached hydrogen (secondary N) is 2. The summed E-state index contributed by atoms with van der Waals surface area (Å²) in [5.74, 6) is -3.41. The average molecular weight is 489 g/mol. The molecule has 0 aliphatic heterocycles. The summed E-state index contributed by atoms with van der Waals surface area (Å²) in [5, 5.41) is 3.22. The fraction of sp³-hybridized carbons (Fsp3) is 0.417. The zero-order valence-electron chi connectivity index (χ0n) is 20.2. The van der Waals surface area contributed by atoms with Gasteiger partial charge in [-0.05, 0) is 31.9 Å². The van der Waals surface area contributed by atoms with Gasteiger partial charge in [-0.15, -0.1) is 0 Å². The third-order valence-electron chi connectivity index (χ3n) is 4.08. The van der Waals surface area contributed by atoms with Gasteiger partial charge < -0.3 is 16.4 Å². The van der Waals surface area contributed by atoms with E-state index in [1.54, 1.807) is 63.3 Å². The second-order valence-corrected chi connectivity index (χ2v) is 7.00. The Hall–Kier alpha value is -3.14. The summed E-state index contributed by atoms with van der Waals surface area (Å²) in [6.07, 6.45) is 12.1. The van der Waals surface area contributed by atoms with E-state index in [4.69, 9.17) is 5.73 Å². The minimum absolute atomic E-state index is 0.0244. The summed E-state index contributed by atoms with van der Waals surface area (Å²) >= 11 is 0. The number of nitrogens with zero attached hydrogens (tertiary/aromatic N) is 1. The molecule has 0 fully saturated rings. The van der Waals surface area contributed by atoms with E-state index in [9.17, 15) is 27.3 Å². The first-order chi connectivity index (χ1) is 16.0. The molecule has 192 valence electrons. The zero-order valence-corrected chi connectivity index (χ0v) is 20.2. The highest BCUT2D eigenvalue weighted by Gasteiger charge is 2.26. The molecule has 0 aromatic rings. The van der Waals surface area contributed by atoms with Crippen molar-refractivity contribution in [1.29, 1.82) is 0 Å². The van der Waals surface area contributed by atoms with Crippen LogP contribution in [-0.4, -0.2) is 36.3 Å². The van der Waals surface area contributed by atoms with Crippen LogP contribution >= 0.6 is 0 Å². The third-order valence-corrected chi connectivity index (χ3v) is 4.08. The summed E-state index contributed by atoms with van der Waals surface area (Å²) in [7, 11) is 0. The Labute approximate surface area is 199 Å². The van der Waals surface area contributed by atoms with Crippen molar-refractivity contribution in [2.45, 2.75) is 59.0 Å². The minimum Gasteiger partial charge on any atom is -0.394 e. The quantitative estimate of drug-likeness (QED) is 0.0603. The molecule has 0 saturated carbocycles. The first kappa shape index (κ1) is 33.0. The van der Waals surface area contributed by atoms with E-state index in [0.29, 0.717) is 18.4 Å². The van der Waals surface area contributed by atoms with E-state index in [2.05, 4.69) is 17.2 Å². The second kappa shape index (κ2) is 19.3. The van der Waals surface area contributed by atoms with Gasteiger partial charge in [0.05, 0.1) is 0 Å². The number of nitrogens with two attached hydrogens (primary N) is 1. The highest BCUT2D eigenvalue weighted by atomic mass is 19.4. The topological polar surface area (TPSA) is 87.5 Å². The van der Waals surface area contributed by atoms with Crippen LogP contribution in [0.4, 0.5) is 17.7 Å². The van der Waals surface area contributed by atoms with Crippen LogP contribution in [0.3, 0.4) is 0 Å². The van der Waals surface area contributed by atoms with Crippen molar-refractivity contribution in [2.24, 2.45) is 5.73 Å². The molecule has 1 atom stereocenters.